The molecule has 1 N–H and O–H groups in total. The van der Waals surface area contributed by atoms with Gasteiger partial charge in [-0.05, 0) is 31.0 Å². The molecule has 1 atom stereocenters. The van der Waals surface area contributed by atoms with E-state index in [0.29, 0.717) is 17.7 Å². The van der Waals surface area contributed by atoms with E-state index in [1.807, 2.05) is 0 Å². The minimum absolute atomic E-state index is 0.0824. The van der Waals surface area contributed by atoms with Crippen LogP contribution in [0.4, 0.5) is 13.2 Å². The fourth-order valence-electron chi connectivity index (χ4n) is 3.46. The van der Waals surface area contributed by atoms with Crippen molar-refractivity contribution in [2.24, 2.45) is 4.99 Å². The second kappa shape index (κ2) is 10.4. The van der Waals surface area contributed by atoms with Crippen molar-refractivity contribution in [2.45, 2.75) is 39.1 Å². The fraction of sp³-hybridized carbons (Fsp3) is 0.476. The molecular weight excluding hydrogens is 415 g/mol. The molecule has 2 amide bonds. The number of nitrogens with zero attached hydrogens (tertiary/aromatic N) is 3. The van der Waals surface area contributed by atoms with E-state index in [1.165, 1.54) is 25.8 Å². The van der Waals surface area contributed by atoms with Crippen LogP contribution >= 0.6 is 0 Å². The normalized spacial score (nSPS) is 17.6. The Morgan fingerprint density at radius 3 is 2.45 bits per heavy atom. The minimum Gasteiger partial charge on any atom is -0.484 e. The Balaban J connectivity index is 2.06. The molecule has 1 aromatic carbocycles. The van der Waals surface area contributed by atoms with Gasteiger partial charge in [0.2, 0.25) is 5.91 Å². The summed E-state index contributed by atoms with van der Waals surface area (Å²) in [5.41, 5.74) is -0.289. The third kappa shape index (κ3) is 6.06. The number of aliphatic imine (C=N–C) groups is 1. The standard InChI is InChI=1S/C21H26F3N3O4/c1-4-18(21(22,23)24)20(25-3)27(14(2)29)16-9-10-26(11-16)19(30)13-31-17-7-5-15(12-28)6-8-17/h4-8,16,28H,9-13H2,1-3H3/b18-4+,25-20+/t16-/m1/s1. The zero-order valence-electron chi connectivity index (χ0n) is 17.6. The molecule has 1 fully saturated rings. The summed E-state index contributed by atoms with van der Waals surface area (Å²) in [7, 11) is 1.20. The number of aliphatic hydroxyl groups is 1. The van der Waals surface area contributed by atoms with Crippen LogP contribution in [-0.4, -0.2) is 71.5 Å². The molecule has 0 spiro atoms. The lowest BCUT2D eigenvalue weighted by molar-refractivity contribution is -0.133. The predicted octanol–water partition coefficient (Wildman–Crippen LogP) is 2.54. The summed E-state index contributed by atoms with van der Waals surface area (Å²) in [6, 6.07) is 5.97. The summed E-state index contributed by atoms with van der Waals surface area (Å²) < 4.78 is 45.7. The van der Waals surface area contributed by atoms with E-state index >= 15 is 0 Å². The van der Waals surface area contributed by atoms with E-state index in [1.54, 1.807) is 24.3 Å². The summed E-state index contributed by atoms with van der Waals surface area (Å²) in [4.78, 5) is 30.9. The first-order chi connectivity index (χ1) is 14.6. The Labute approximate surface area is 178 Å². The van der Waals surface area contributed by atoms with E-state index in [0.717, 1.165) is 11.0 Å². The van der Waals surface area contributed by atoms with E-state index in [2.05, 4.69) is 4.99 Å². The highest BCUT2D eigenvalue weighted by atomic mass is 19.4. The number of aliphatic hydroxyl groups excluding tert-OH is 1. The number of benzene rings is 1. The van der Waals surface area contributed by atoms with Gasteiger partial charge in [-0.25, -0.2) is 0 Å². The molecule has 1 saturated heterocycles. The Morgan fingerprint density at radius 1 is 1.32 bits per heavy atom. The van der Waals surface area contributed by atoms with E-state index in [9.17, 15) is 22.8 Å². The fourth-order valence-corrected chi connectivity index (χ4v) is 3.46. The number of hydrogen-bond acceptors (Lipinski definition) is 5. The maximum absolute atomic E-state index is 13.4. The monoisotopic (exact) mass is 441 g/mol. The number of carbonyl (C=O) groups is 2. The van der Waals surface area contributed by atoms with Crippen LogP contribution in [0, 0.1) is 0 Å². The Bertz CT molecular complexity index is 850. The molecule has 0 radical (unpaired) electrons. The van der Waals surface area contributed by atoms with Crippen molar-refractivity contribution in [1.29, 1.82) is 0 Å². The number of likely N-dealkylation sites (tertiary alicyclic amines) is 1. The first-order valence-electron chi connectivity index (χ1n) is 9.73. The number of allylic oxidation sites excluding steroid dienone is 1. The second-order valence-corrected chi connectivity index (χ2v) is 7.01. The number of amidine groups is 1. The van der Waals surface area contributed by atoms with Gasteiger partial charge in [0.05, 0.1) is 18.2 Å². The topological polar surface area (TPSA) is 82.4 Å². The molecule has 0 aliphatic carbocycles. The lowest BCUT2D eigenvalue weighted by Crippen LogP contribution is -2.48. The van der Waals surface area contributed by atoms with Gasteiger partial charge in [0.25, 0.3) is 5.91 Å². The van der Waals surface area contributed by atoms with Gasteiger partial charge in [0.1, 0.15) is 11.6 Å². The molecule has 0 bridgehead atoms. The third-order valence-electron chi connectivity index (χ3n) is 4.96. The number of halogens is 3. The van der Waals surface area contributed by atoms with Gasteiger partial charge in [-0.3, -0.25) is 19.5 Å². The molecule has 31 heavy (non-hydrogen) atoms. The van der Waals surface area contributed by atoms with Crippen LogP contribution in [0.1, 0.15) is 25.8 Å². The number of rotatable bonds is 6. The summed E-state index contributed by atoms with van der Waals surface area (Å²) in [6.45, 7) is 2.43. The third-order valence-corrected chi connectivity index (χ3v) is 4.96. The summed E-state index contributed by atoms with van der Waals surface area (Å²) in [5.74, 6) is -0.921. The molecule has 0 aromatic heterocycles. The zero-order chi connectivity index (χ0) is 23.2. The van der Waals surface area contributed by atoms with Gasteiger partial charge in [0.15, 0.2) is 6.61 Å². The van der Waals surface area contributed by atoms with Crippen LogP contribution in [0.5, 0.6) is 5.75 Å². The average molecular weight is 441 g/mol. The summed E-state index contributed by atoms with van der Waals surface area (Å²) in [6.07, 6.45) is -3.46. The molecule has 7 nitrogen and oxygen atoms in total. The summed E-state index contributed by atoms with van der Waals surface area (Å²) in [5, 5.41) is 9.05. The van der Waals surface area contributed by atoms with Crippen molar-refractivity contribution in [3.8, 4) is 5.75 Å². The van der Waals surface area contributed by atoms with Crippen molar-refractivity contribution in [1.82, 2.24) is 9.80 Å². The predicted molar refractivity (Wildman–Crippen MR) is 109 cm³/mol. The largest absolute Gasteiger partial charge is 0.484 e. The average Bonchev–Trinajstić information content (AvgIpc) is 3.20. The highest BCUT2D eigenvalue weighted by Gasteiger charge is 2.42. The van der Waals surface area contributed by atoms with Gasteiger partial charge in [-0.2, -0.15) is 13.2 Å². The number of ether oxygens (including phenoxy) is 1. The van der Waals surface area contributed by atoms with E-state index < -0.39 is 29.5 Å². The maximum Gasteiger partial charge on any atom is 0.419 e. The van der Waals surface area contributed by atoms with Crippen LogP contribution < -0.4 is 4.74 Å². The van der Waals surface area contributed by atoms with Crippen molar-refractivity contribution >= 4 is 17.6 Å². The Morgan fingerprint density at radius 2 is 1.97 bits per heavy atom. The van der Waals surface area contributed by atoms with Crippen LogP contribution in [0.15, 0.2) is 40.9 Å². The van der Waals surface area contributed by atoms with Crippen LogP contribution in [-0.2, 0) is 16.2 Å². The number of amides is 2. The van der Waals surface area contributed by atoms with Gasteiger partial charge < -0.3 is 14.7 Å². The van der Waals surface area contributed by atoms with E-state index in [4.69, 9.17) is 9.84 Å². The molecule has 2 rings (SSSR count). The van der Waals surface area contributed by atoms with Gasteiger partial charge in [-0.15, -0.1) is 0 Å². The Hall–Kier alpha value is -2.88. The van der Waals surface area contributed by atoms with Crippen LogP contribution in [0.3, 0.4) is 0 Å². The molecule has 0 saturated carbocycles. The highest BCUT2D eigenvalue weighted by molar-refractivity contribution is 6.08. The second-order valence-electron chi connectivity index (χ2n) is 7.01. The van der Waals surface area contributed by atoms with Crippen molar-refractivity contribution in [2.75, 3.05) is 26.7 Å². The molecule has 1 aliphatic rings. The maximum atomic E-state index is 13.4. The molecular formula is C21H26F3N3O4. The quantitative estimate of drug-likeness (QED) is 0.543. The van der Waals surface area contributed by atoms with Crippen molar-refractivity contribution in [3.63, 3.8) is 0 Å². The van der Waals surface area contributed by atoms with Gasteiger partial charge in [0, 0.05) is 27.1 Å². The molecule has 1 heterocycles. The first-order valence-corrected chi connectivity index (χ1v) is 9.73. The molecule has 1 aliphatic heterocycles. The number of hydrogen-bond donors (Lipinski definition) is 1. The number of alkyl halides is 3. The number of carbonyl (C=O) groups excluding carboxylic acids is 2. The first kappa shape index (κ1) is 24.4. The van der Waals surface area contributed by atoms with E-state index in [-0.39, 0.29) is 32.2 Å². The SMILES string of the molecule is C/C=C(\C(=N/C)N(C(C)=O)[C@@H]1CCN(C(=O)COc2ccc(CO)cc2)C1)C(F)(F)F. The van der Waals surface area contributed by atoms with Gasteiger partial charge in [-0.1, -0.05) is 18.2 Å². The minimum atomic E-state index is -4.66. The summed E-state index contributed by atoms with van der Waals surface area (Å²) >= 11 is 0. The Kier molecular flexibility index (Phi) is 8.21. The smallest absolute Gasteiger partial charge is 0.419 e. The lowest BCUT2D eigenvalue weighted by atomic mass is 10.1. The molecule has 10 heteroatoms. The van der Waals surface area contributed by atoms with Crippen molar-refractivity contribution < 1.29 is 32.6 Å². The zero-order valence-corrected chi connectivity index (χ0v) is 17.6. The molecule has 0 unspecified atom stereocenters. The molecule has 1 aromatic rings. The van der Waals surface area contributed by atoms with Crippen molar-refractivity contribution in [3.05, 3.63) is 41.5 Å². The molecule has 170 valence electrons. The van der Waals surface area contributed by atoms with Crippen LogP contribution in [0.25, 0.3) is 0 Å². The lowest BCUT2D eigenvalue weighted by Gasteiger charge is -2.30. The van der Waals surface area contributed by atoms with Gasteiger partial charge >= 0.3 is 6.18 Å². The highest BCUT2D eigenvalue weighted by Crippen LogP contribution is 2.30. The van der Waals surface area contributed by atoms with Crippen LogP contribution in [0.2, 0.25) is 0 Å².